The molecule has 4 heteroatoms. The Labute approximate surface area is 75.7 Å². The van der Waals surface area contributed by atoms with E-state index < -0.39 is 0 Å². The van der Waals surface area contributed by atoms with E-state index in [2.05, 4.69) is 16.0 Å². The van der Waals surface area contributed by atoms with Gasteiger partial charge < -0.3 is 0 Å². The molecule has 4 N–H and O–H groups in total. The molecule has 0 bridgehead atoms. The average Bonchev–Trinajstić information content (AvgIpc) is 1.97. The molecule has 0 fully saturated rings. The Balaban J connectivity index is 3.17. The first-order valence-electron chi connectivity index (χ1n) is 3.85. The summed E-state index contributed by atoms with van der Waals surface area (Å²) in [7, 11) is 0. The Hall–Kier alpha value is 0.109. The van der Waals surface area contributed by atoms with E-state index in [4.69, 9.17) is 11.5 Å². The van der Waals surface area contributed by atoms with Gasteiger partial charge in [0.1, 0.15) is 0 Å². The van der Waals surface area contributed by atoms with Crippen LogP contribution in [0.4, 0.5) is 0 Å². The third-order valence-corrected chi connectivity index (χ3v) is 2.16. The van der Waals surface area contributed by atoms with Gasteiger partial charge in [-0.3, -0.25) is 0 Å². The van der Waals surface area contributed by atoms with Crippen molar-refractivity contribution in [1.29, 1.82) is 0 Å². The monoisotopic (exact) mass is 223 g/mol. The van der Waals surface area contributed by atoms with Crippen LogP contribution < -0.4 is 11.5 Å². The molecular weight excluding hydrogens is 207 g/mol. The Morgan fingerprint density at radius 1 is 1.36 bits per heavy atom. The molecule has 65 valence electrons. The van der Waals surface area contributed by atoms with Crippen molar-refractivity contribution in [3.8, 4) is 0 Å². The molecule has 0 aliphatic carbocycles. The van der Waals surface area contributed by atoms with E-state index in [-0.39, 0.29) is 10.7 Å². The quantitative estimate of drug-likeness (QED) is 0.471. The van der Waals surface area contributed by atoms with Crippen molar-refractivity contribution in [3.63, 3.8) is 0 Å². The zero-order valence-electron chi connectivity index (χ0n) is 6.58. The van der Waals surface area contributed by atoms with Crippen molar-refractivity contribution in [2.24, 2.45) is 11.5 Å². The van der Waals surface area contributed by atoms with E-state index in [0.29, 0.717) is 0 Å². The Bertz CT molecular complexity index is 119. The number of carbonyl (C=O) groups excluding carboxylic acids is 1. The van der Waals surface area contributed by atoms with Gasteiger partial charge in [0.15, 0.2) is 0 Å². The van der Waals surface area contributed by atoms with Gasteiger partial charge in [-0.05, 0) is 0 Å². The fraction of sp³-hybridized carbons (Fsp3) is 0.857. The number of carbonyl (C=O) groups is 1. The van der Waals surface area contributed by atoms with Crippen LogP contribution in [0.15, 0.2) is 0 Å². The summed E-state index contributed by atoms with van der Waals surface area (Å²) in [6.45, 7) is 0.724. The number of hydrogen-bond donors (Lipinski definition) is 2. The molecule has 0 unspecified atom stereocenters. The second-order valence-electron chi connectivity index (χ2n) is 2.56. The van der Waals surface area contributed by atoms with E-state index in [1.165, 1.54) is 0 Å². The number of hydrogen-bond acceptors (Lipinski definition) is 3. The standard InChI is InChI=1S/C7H15N2OSe/c8-5-3-1-2-4-6(9)7(10)11/h6H,1-5,8-9H2/t6-/m0/s1. The Morgan fingerprint density at radius 2 is 2.00 bits per heavy atom. The molecule has 0 aliphatic rings. The summed E-state index contributed by atoms with van der Waals surface area (Å²) in [6, 6.07) is -0.312. The van der Waals surface area contributed by atoms with Crippen LogP contribution >= 0.6 is 0 Å². The van der Waals surface area contributed by atoms with Gasteiger partial charge >= 0.3 is 75.2 Å². The topological polar surface area (TPSA) is 69.1 Å². The molecule has 0 rings (SSSR count). The first-order chi connectivity index (χ1) is 5.18. The summed E-state index contributed by atoms with van der Waals surface area (Å²) in [5.41, 5.74) is 10.8. The average molecular weight is 222 g/mol. The number of unbranched alkanes of at least 4 members (excludes halogenated alkanes) is 2. The first kappa shape index (κ1) is 11.1. The van der Waals surface area contributed by atoms with Gasteiger partial charge in [0, 0.05) is 0 Å². The summed E-state index contributed by atoms with van der Waals surface area (Å²) in [6.07, 6.45) is 3.85. The van der Waals surface area contributed by atoms with Gasteiger partial charge in [-0.2, -0.15) is 0 Å². The molecule has 0 aromatic carbocycles. The minimum atomic E-state index is -0.312. The molecule has 3 nitrogen and oxygen atoms in total. The molecule has 0 aromatic rings. The second kappa shape index (κ2) is 6.80. The van der Waals surface area contributed by atoms with Crippen molar-refractivity contribution < 1.29 is 4.79 Å². The summed E-state index contributed by atoms with van der Waals surface area (Å²) in [4.78, 5) is 10.6. The fourth-order valence-electron chi connectivity index (χ4n) is 0.803. The van der Waals surface area contributed by atoms with Gasteiger partial charge in [-0.25, -0.2) is 0 Å². The molecule has 0 aliphatic heterocycles. The number of rotatable bonds is 6. The molecule has 11 heavy (non-hydrogen) atoms. The Morgan fingerprint density at radius 3 is 2.45 bits per heavy atom. The normalized spacial score (nSPS) is 12.9. The molecule has 0 aromatic heterocycles. The molecular formula is C7H15N2OSe. The molecule has 0 amide bonds. The van der Waals surface area contributed by atoms with Gasteiger partial charge in [0.25, 0.3) is 0 Å². The SMILES string of the molecule is NCCCCC[C@H](N)C(=O)[Se]. The third kappa shape index (κ3) is 6.51. The number of nitrogens with two attached hydrogens (primary N) is 2. The zero-order valence-corrected chi connectivity index (χ0v) is 8.30. The van der Waals surface area contributed by atoms with Crippen LogP contribution in [0.1, 0.15) is 25.7 Å². The third-order valence-electron chi connectivity index (χ3n) is 1.52. The van der Waals surface area contributed by atoms with E-state index in [0.717, 1.165) is 32.2 Å². The van der Waals surface area contributed by atoms with Crippen LogP contribution in [-0.2, 0) is 4.79 Å². The molecule has 0 saturated heterocycles. The van der Waals surface area contributed by atoms with Gasteiger partial charge in [0.05, 0.1) is 0 Å². The fourth-order valence-corrected chi connectivity index (χ4v) is 1.05. The predicted octanol–water partition coefficient (Wildman–Crippen LogP) is -0.472. The van der Waals surface area contributed by atoms with E-state index in [9.17, 15) is 4.79 Å². The molecule has 0 saturated carbocycles. The van der Waals surface area contributed by atoms with Gasteiger partial charge in [0.2, 0.25) is 0 Å². The maximum absolute atomic E-state index is 10.6. The zero-order chi connectivity index (χ0) is 8.69. The second-order valence-corrected chi connectivity index (χ2v) is 3.41. The summed E-state index contributed by atoms with van der Waals surface area (Å²) < 4.78 is -0.0438. The molecule has 1 radical (unpaired) electrons. The van der Waals surface area contributed by atoms with E-state index in [1.54, 1.807) is 0 Å². The maximum atomic E-state index is 10.6. The predicted molar refractivity (Wildman–Crippen MR) is 46.3 cm³/mol. The van der Waals surface area contributed by atoms with Crippen molar-refractivity contribution in [3.05, 3.63) is 0 Å². The summed E-state index contributed by atoms with van der Waals surface area (Å²) in [5.74, 6) is 0. The van der Waals surface area contributed by atoms with Crippen LogP contribution in [0, 0.1) is 0 Å². The van der Waals surface area contributed by atoms with Crippen LogP contribution in [0.3, 0.4) is 0 Å². The van der Waals surface area contributed by atoms with Gasteiger partial charge in [-0.1, -0.05) is 0 Å². The van der Waals surface area contributed by atoms with Crippen LogP contribution in [0.2, 0.25) is 0 Å². The van der Waals surface area contributed by atoms with Crippen molar-refractivity contribution in [2.45, 2.75) is 31.7 Å². The Kier molecular flexibility index (Phi) is 6.86. The van der Waals surface area contributed by atoms with Gasteiger partial charge in [-0.15, -0.1) is 0 Å². The molecule has 0 heterocycles. The minimum absolute atomic E-state index is 0.0438. The van der Waals surface area contributed by atoms with Crippen molar-refractivity contribution in [1.82, 2.24) is 0 Å². The molecule has 0 spiro atoms. The van der Waals surface area contributed by atoms with Crippen LogP contribution in [-0.4, -0.2) is 33.3 Å². The van der Waals surface area contributed by atoms with Crippen LogP contribution in [0.5, 0.6) is 0 Å². The van der Waals surface area contributed by atoms with Crippen LogP contribution in [0.25, 0.3) is 0 Å². The summed E-state index contributed by atoms with van der Waals surface area (Å²) >= 11 is 2.39. The van der Waals surface area contributed by atoms with Crippen molar-refractivity contribution in [2.75, 3.05) is 6.54 Å². The van der Waals surface area contributed by atoms with Crippen molar-refractivity contribution >= 4 is 20.7 Å². The van der Waals surface area contributed by atoms with E-state index in [1.807, 2.05) is 0 Å². The summed E-state index contributed by atoms with van der Waals surface area (Å²) in [5, 5.41) is 0. The molecule has 1 atom stereocenters. The first-order valence-corrected chi connectivity index (χ1v) is 4.70. The van der Waals surface area contributed by atoms with E-state index >= 15 is 0 Å².